The van der Waals surface area contributed by atoms with Crippen molar-refractivity contribution in [2.75, 3.05) is 33.4 Å². The van der Waals surface area contributed by atoms with Crippen molar-refractivity contribution in [1.82, 2.24) is 4.90 Å². The van der Waals surface area contributed by atoms with Crippen molar-refractivity contribution >= 4 is 0 Å². The van der Waals surface area contributed by atoms with Crippen LogP contribution in [0.4, 0.5) is 0 Å². The first-order valence-corrected chi connectivity index (χ1v) is 7.67. The van der Waals surface area contributed by atoms with Crippen LogP contribution < -0.4 is 5.73 Å². The van der Waals surface area contributed by atoms with Crippen LogP contribution in [-0.2, 0) is 4.74 Å². The van der Waals surface area contributed by atoms with Gasteiger partial charge in [0.25, 0.3) is 0 Å². The average Bonchev–Trinajstić information content (AvgIpc) is 2.40. The Morgan fingerprint density at radius 3 is 2.44 bits per heavy atom. The molecule has 0 atom stereocenters. The molecule has 3 nitrogen and oxygen atoms in total. The summed E-state index contributed by atoms with van der Waals surface area (Å²) in [6.45, 7) is 7.76. The average molecular weight is 256 g/mol. The molecule has 0 aromatic rings. The maximum atomic E-state index is 6.08. The zero-order chi connectivity index (χ0) is 13.4. The van der Waals surface area contributed by atoms with E-state index in [0.717, 1.165) is 32.2 Å². The van der Waals surface area contributed by atoms with Crippen molar-refractivity contribution in [2.45, 2.75) is 57.9 Å². The van der Waals surface area contributed by atoms with Gasteiger partial charge in [-0.2, -0.15) is 0 Å². The van der Waals surface area contributed by atoms with Crippen LogP contribution in [0.25, 0.3) is 0 Å². The van der Waals surface area contributed by atoms with E-state index in [9.17, 15) is 0 Å². The topological polar surface area (TPSA) is 38.5 Å². The van der Waals surface area contributed by atoms with Crippen molar-refractivity contribution in [2.24, 2.45) is 11.7 Å². The van der Waals surface area contributed by atoms with Gasteiger partial charge in [-0.05, 0) is 45.6 Å². The molecule has 0 radical (unpaired) electrons. The van der Waals surface area contributed by atoms with Crippen molar-refractivity contribution < 1.29 is 4.74 Å². The first kappa shape index (κ1) is 15.9. The molecule has 0 heterocycles. The molecule has 0 aliphatic heterocycles. The highest BCUT2D eigenvalue weighted by molar-refractivity contribution is 4.94. The highest BCUT2D eigenvalue weighted by atomic mass is 16.5. The molecule has 0 saturated heterocycles. The Morgan fingerprint density at radius 1 is 1.28 bits per heavy atom. The molecule has 108 valence electrons. The van der Waals surface area contributed by atoms with Gasteiger partial charge >= 0.3 is 0 Å². The first-order valence-electron chi connectivity index (χ1n) is 7.67. The smallest absolute Gasteiger partial charge is 0.0593 e. The van der Waals surface area contributed by atoms with Crippen LogP contribution in [0, 0.1) is 5.92 Å². The van der Waals surface area contributed by atoms with Gasteiger partial charge in [0.05, 0.1) is 6.61 Å². The zero-order valence-corrected chi connectivity index (χ0v) is 12.6. The molecule has 0 unspecified atom stereocenters. The summed E-state index contributed by atoms with van der Waals surface area (Å²) in [5, 5.41) is 0. The van der Waals surface area contributed by atoms with Crippen LogP contribution >= 0.6 is 0 Å². The predicted molar refractivity (Wildman–Crippen MR) is 77.8 cm³/mol. The van der Waals surface area contributed by atoms with Gasteiger partial charge in [-0.15, -0.1) is 0 Å². The lowest BCUT2D eigenvalue weighted by molar-refractivity contribution is 0.0337. The molecular weight excluding hydrogens is 224 g/mol. The van der Waals surface area contributed by atoms with Gasteiger partial charge in [0.1, 0.15) is 0 Å². The fraction of sp³-hybridized carbons (Fsp3) is 1.00. The molecule has 0 aromatic heterocycles. The largest absolute Gasteiger partial charge is 0.380 e. The quantitative estimate of drug-likeness (QED) is 0.679. The Bertz CT molecular complexity index is 213. The van der Waals surface area contributed by atoms with E-state index in [4.69, 9.17) is 10.5 Å². The lowest BCUT2D eigenvalue weighted by Gasteiger charge is -2.46. The molecule has 0 aromatic carbocycles. The monoisotopic (exact) mass is 256 g/mol. The molecule has 1 rings (SSSR count). The van der Waals surface area contributed by atoms with Gasteiger partial charge < -0.3 is 10.5 Å². The van der Waals surface area contributed by atoms with Crippen molar-refractivity contribution in [3.05, 3.63) is 0 Å². The molecule has 2 N–H and O–H groups in total. The van der Waals surface area contributed by atoms with Crippen LogP contribution in [0.15, 0.2) is 0 Å². The van der Waals surface area contributed by atoms with E-state index in [1.54, 1.807) is 0 Å². The second-order valence-electron chi connectivity index (χ2n) is 5.78. The molecule has 18 heavy (non-hydrogen) atoms. The van der Waals surface area contributed by atoms with E-state index in [1.807, 2.05) is 0 Å². The number of rotatable bonds is 8. The fourth-order valence-electron chi connectivity index (χ4n) is 3.24. The van der Waals surface area contributed by atoms with Crippen LogP contribution in [0.3, 0.4) is 0 Å². The third-order valence-corrected chi connectivity index (χ3v) is 4.70. The molecule has 1 fully saturated rings. The zero-order valence-electron chi connectivity index (χ0n) is 12.6. The molecule has 0 spiro atoms. The van der Waals surface area contributed by atoms with Crippen LogP contribution in [0.1, 0.15) is 52.4 Å². The fourth-order valence-corrected chi connectivity index (χ4v) is 3.24. The van der Waals surface area contributed by atoms with Gasteiger partial charge in [0, 0.05) is 25.2 Å². The van der Waals surface area contributed by atoms with E-state index in [-0.39, 0.29) is 5.54 Å². The van der Waals surface area contributed by atoms with Crippen molar-refractivity contribution in [3.8, 4) is 0 Å². The second kappa shape index (κ2) is 8.13. The highest BCUT2D eigenvalue weighted by Gasteiger charge is 2.36. The Hall–Kier alpha value is -0.120. The van der Waals surface area contributed by atoms with E-state index in [2.05, 4.69) is 25.8 Å². The Labute approximate surface area is 113 Å². The number of likely N-dealkylation sites (N-methyl/N-ethyl adjacent to an activating group) is 1. The summed E-state index contributed by atoms with van der Waals surface area (Å²) < 4.78 is 5.46. The van der Waals surface area contributed by atoms with E-state index >= 15 is 0 Å². The van der Waals surface area contributed by atoms with Gasteiger partial charge in [-0.3, -0.25) is 4.90 Å². The first-order chi connectivity index (χ1) is 8.68. The van der Waals surface area contributed by atoms with Crippen LogP contribution in [-0.4, -0.2) is 43.8 Å². The van der Waals surface area contributed by atoms with Gasteiger partial charge in [0.2, 0.25) is 0 Å². The summed E-state index contributed by atoms with van der Waals surface area (Å²) in [6.07, 6.45) is 7.94. The SMILES string of the molecule is CCCC1CCC(CN)(N(C)CCOCC)CC1. The van der Waals surface area contributed by atoms with Crippen molar-refractivity contribution in [1.29, 1.82) is 0 Å². The van der Waals surface area contributed by atoms with E-state index in [0.29, 0.717) is 0 Å². The van der Waals surface area contributed by atoms with Gasteiger partial charge in [0.15, 0.2) is 0 Å². The summed E-state index contributed by atoms with van der Waals surface area (Å²) in [5.41, 5.74) is 6.32. The van der Waals surface area contributed by atoms with Crippen LogP contribution in [0.2, 0.25) is 0 Å². The number of nitrogens with two attached hydrogens (primary N) is 1. The predicted octanol–water partition coefficient (Wildman–Crippen LogP) is 2.64. The van der Waals surface area contributed by atoms with Gasteiger partial charge in [-0.1, -0.05) is 19.8 Å². The normalized spacial score (nSPS) is 28.8. The minimum absolute atomic E-state index is 0.237. The maximum absolute atomic E-state index is 6.08. The lowest BCUT2D eigenvalue weighted by atomic mass is 9.74. The summed E-state index contributed by atoms with van der Waals surface area (Å²) in [4.78, 5) is 2.45. The Balaban J connectivity index is 2.43. The number of nitrogens with zero attached hydrogens (tertiary/aromatic N) is 1. The number of ether oxygens (including phenoxy) is 1. The molecular formula is C15H32N2O. The summed E-state index contributed by atoms with van der Waals surface area (Å²) in [7, 11) is 2.21. The molecule has 3 heteroatoms. The Morgan fingerprint density at radius 2 is 1.94 bits per heavy atom. The summed E-state index contributed by atoms with van der Waals surface area (Å²) in [5.74, 6) is 0.940. The molecule has 1 saturated carbocycles. The second-order valence-corrected chi connectivity index (χ2v) is 5.78. The lowest BCUT2D eigenvalue weighted by Crippen LogP contribution is -2.54. The maximum Gasteiger partial charge on any atom is 0.0593 e. The number of hydrogen-bond acceptors (Lipinski definition) is 3. The number of hydrogen-bond donors (Lipinski definition) is 1. The molecule has 0 bridgehead atoms. The van der Waals surface area contributed by atoms with E-state index < -0.39 is 0 Å². The Kier molecular flexibility index (Phi) is 7.20. The summed E-state index contributed by atoms with van der Waals surface area (Å²) >= 11 is 0. The summed E-state index contributed by atoms with van der Waals surface area (Å²) in [6, 6.07) is 0. The third-order valence-electron chi connectivity index (χ3n) is 4.70. The molecule has 1 aliphatic rings. The van der Waals surface area contributed by atoms with Crippen LogP contribution in [0.5, 0.6) is 0 Å². The van der Waals surface area contributed by atoms with Gasteiger partial charge in [-0.25, -0.2) is 0 Å². The third kappa shape index (κ3) is 4.22. The molecule has 1 aliphatic carbocycles. The molecule has 0 amide bonds. The standard InChI is InChI=1S/C15H32N2O/c1-4-6-14-7-9-15(13-16,10-8-14)17(3)11-12-18-5-2/h14H,4-13,16H2,1-3H3. The van der Waals surface area contributed by atoms with E-state index in [1.165, 1.54) is 38.5 Å². The minimum Gasteiger partial charge on any atom is -0.380 e. The van der Waals surface area contributed by atoms with Crippen molar-refractivity contribution in [3.63, 3.8) is 0 Å². The highest BCUT2D eigenvalue weighted by Crippen LogP contribution is 2.37. The minimum atomic E-state index is 0.237.